The minimum atomic E-state index is -0.456. The monoisotopic (exact) mass is 215 g/mol. The lowest BCUT2D eigenvalue weighted by atomic mass is 10.2. The Labute approximate surface area is 91.6 Å². The maximum absolute atomic E-state index is 11.1. The van der Waals surface area contributed by atoms with E-state index in [1.165, 1.54) is 0 Å². The van der Waals surface area contributed by atoms with Crippen LogP contribution in [0.4, 0.5) is 4.79 Å². The Morgan fingerprint density at radius 3 is 2.47 bits per heavy atom. The topological polar surface area (TPSA) is 47.6 Å². The molecule has 1 N–H and O–H groups in total. The van der Waals surface area contributed by atoms with Crippen molar-refractivity contribution in [1.29, 1.82) is 0 Å². The van der Waals surface area contributed by atoms with Gasteiger partial charge in [0.1, 0.15) is 5.60 Å². The second-order valence-corrected chi connectivity index (χ2v) is 4.44. The van der Waals surface area contributed by atoms with Crippen LogP contribution in [0.15, 0.2) is 12.2 Å². The lowest BCUT2D eigenvalue weighted by Crippen LogP contribution is -2.34. The molecule has 0 bridgehead atoms. The van der Waals surface area contributed by atoms with Crippen LogP contribution in [0, 0.1) is 0 Å². The second kappa shape index (κ2) is 6.45. The molecule has 4 nitrogen and oxygen atoms in total. The van der Waals surface area contributed by atoms with Gasteiger partial charge in [-0.1, -0.05) is 12.2 Å². The van der Waals surface area contributed by atoms with Crippen molar-refractivity contribution < 1.29 is 14.3 Å². The van der Waals surface area contributed by atoms with E-state index in [0.29, 0.717) is 19.8 Å². The summed E-state index contributed by atoms with van der Waals surface area (Å²) < 4.78 is 10.2. The number of hydrogen-bond acceptors (Lipinski definition) is 3. The molecule has 0 saturated carbocycles. The van der Waals surface area contributed by atoms with E-state index >= 15 is 0 Å². The first-order valence-electron chi connectivity index (χ1n) is 5.00. The molecule has 0 aliphatic rings. The van der Waals surface area contributed by atoms with Crippen molar-refractivity contribution >= 4 is 6.09 Å². The van der Waals surface area contributed by atoms with Crippen LogP contribution in [0.2, 0.25) is 0 Å². The van der Waals surface area contributed by atoms with Gasteiger partial charge in [-0.15, -0.1) is 0 Å². The van der Waals surface area contributed by atoms with E-state index in [1.807, 2.05) is 27.7 Å². The predicted octanol–water partition coefficient (Wildman–Crippen LogP) is 2.10. The van der Waals surface area contributed by atoms with Crippen molar-refractivity contribution in [2.75, 3.05) is 19.8 Å². The standard InChI is InChI=1S/C11H21NO3/c1-9(2)8-14-7-6-12-10(13)15-11(3,4)5/h1,6-8H2,2-5H3,(H,12,13). The van der Waals surface area contributed by atoms with E-state index in [2.05, 4.69) is 11.9 Å². The predicted molar refractivity (Wildman–Crippen MR) is 59.9 cm³/mol. The van der Waals surface area contributed by atoms with Gasteiger partial charge in [0, 0.05) is 6.54 Å². The van der Waals surface area contributed by atoms with Crippen molar-refractivity contribution in [1.82, 2.24) is 5.32 Å². The molecule has 88 valence electrons. The third-order valence-corrected chi connectivity index (χ3v) is 1.26. The van der Waals surface area contributed by atoms with Gasteiger partial charge in [0.2, 0.25) is 0 Å². The number of carbonyl (C=O) groups is 1. The second-order valence-electron chi connectivity index (χ2n) is 4.44. The molecule has 0 heterocycles. The summed E-state index contributed by atoms with van der Waals surface area (Å²) in [5.74, 6) is 0. The van der Waals surface area contributed by atoms with Crippen LogP contribution in [0.5, 0.6) is 0 Å². The molecule has 0 fully saturated rings. The van der Waals surface area contributed by atoms with Crippen molar-refractivity contribution in [3.05, 3.63) is 12.2 Å². The molecule has 0 radical (unpaired) electrons. The summed E-state index contributed by atoms with van der Waals surface area (Å²) >= 11 is 0. The quantitative estimate of drug-likeness (QED) is 0.564. The number of hydrogen-bond donors (Lipinski definition) is 1. The Balaban J connectivity index is 3.44. The molecule has 0 aromatic heterocycles. The number of alkyl carbamates (subject to hydrolysis) is 1. The van der Waals surface area contributed by atoms with E-state index in [9.17, 15) is 4.79 Å². The number of amides is 1. The maximum Gasteiger partial charge on any atom is 0.407 e. The molecule has 0 aliphatic heterocycles. The van der Waals surface area contributed by atoms with Gasteiger partial charge in [0.25, 0.3) is 0 Å². The SMILES string of the molecule is C=C(C)COCCNC(=O)OC(C)(C)C. The van der Waals surface area contributed by atoms with Gasteiger partial charge in [-0.25, -0.2) is 4.79 Å². The largest absolute Gasteiger partial charge is 0.444 e. The highest BCUT2D eigenvalue weighted by atomic mass is 16.6. The Bertz CT molecular complexity index is 218. The number of carbonyl (C=O) groups excluding carboxylic acids is 1. The molecule has 0 unspecified atom stereocenters. The van der Waals surface area contributed by atoms with Crippen LogP contribution in [0.1, 0.15) is 27.7 Å². The third-order valence-electron chi connectivity index (χ3n) is 1.26. The fourth-order valence-corrected chi connectivity index (χ4v) is 0.786. The van der Waals surface area contributed by atoms with Gasteiger partial charge in [-0.3, -0.25) is 0 Å². The van der Waals surface area contributed by atoms with E-state index in [-0.39, 0.29) is 0 Å². The van der Waals surface area contributed by atoms with Crippen molar-refractivity contribution in [3.8, 4) is 0 Å². The van der Waals surface area contributed by atoms with E-state index in [4.69, 9.17) is 9.47 Å². The highest BCUT2D eigenvalue weighted by Crippen LogP contribution is 2.05. The summed E-state index contributed by atoms with van der Waals surface area (Å²) in [5.41, 5.74) is 0.509. The molecule has 0 atom stereocenters. The first kappa shape index (κ1) is 14.0. The average Bonchev–Trinajstić information content (AvgIpc) is 1.99. The lowest BCUT2D eigenvalue weighted by molar-refractivity contribution is 0.0505. The van der Waals surface area contributed by atoms with Crippen LogP contribution in [0.25, 0.3) is 0 Å². The van der Waals surface area contributed by atoms with Gasteiger partial charge in [0.15, 0.2) is 0 Å². The molecular weight excluding hydrogens is 194 g/mol. The first-order valence-corrected chi connectivity index (χ1v) is 5.00. The fourth-order valence-electron chi connectivity index (χ4n) is 0.786. The first-order chi connectivity index (χ1) is 6.81. The number of rotatable bonds is 5. The molecular formula is C11H21NO3. The minimum Gasteiger partial charge on any atom is -0.444 e. The molecule has 0 aromatic carbocycles. The summed E-state index contributed by atoms with van der Waals surface area (Å²) in [4.78, 5) is 11.1. The number of ether oxygens (including phenoxy) is 2. The molecule has 0 rings (SSSR count). The summed E-state index contributed by atoms with van der Waals surface area (Å²) in [7, 11) is 0. The van der Waals surface area contributed by atoms with Crippen molar-refractivity contribution in [3.63, 3.8) is 0 Å². The van der Waals surface area contributed by atoms with Crippen LogP contribution in [-0.4, -0.2) is 31.5 Å². The van der Waals surface area contributed by atoms with Crippen LogP contribution < -0.4 is 5.32 Å². The molecule has 0 spiro atoms. The molecule has 15 heavy (non-hydrogen) atoms. The molecule has 0 aliphatic carbocycles. The summed E-state index contributed by atoms with van der Waals surface area (Å²) in [6.45, 7) is 12.5. The zero-order valence-corrected chi connectivity index (χ0v) is 10.1. The fraction of sp³-hybridized carbons (Fsp3) is 0.727. The van der Waals surface area contributed by atoms with Crippen LogP contribution in [0.3, 0.4) is 0 Å². The lowest BCUT2D eigenvalue weighted by Gasteiger charge is -2.19. The maximum atomic E-state index is 11.1. The van der Waals surface area contributed by atoms with Crippen LogP contribution in [-0.2, 0) is 9.47 Å². The van der Waals surface area contributed by atoms with Gasteiger partial charge in [-0.2, -0.15) is 0 Å². The summed E-state index contributed by atoms with van der Waals surface area (Å²) in [5, 5.41) is 2.60. The normalized spacial score (nSPS) is 10.9. The van der Waals surface area contributed by atoms with E-state index in [1.54, 1.807) is 0 Å². The van der Waals surface area contributed by atoms with E-state index < -0.39 is 11.7 Å². The van der Waals surface area contributed by atoms with Gasteiger partial charge < -0.3 is 14.8 Å². The van der Waals surface area contributed by atoms with Crippen LogP contribution >= 0.6 is 0 Å². The Kier molecular flexibility index (Phi) is 6.01. The van der Waals surface area contributed by atoms with Gasteiger partial charge >= 0.3 is 6.09 Å². The molecule has 1 amide bonds. The molecule has 0 aromatic rings. The highest BCUT2D eigenvalue weighted by Gasteiger charge is 2.15. The average molecular weight is 215 g/mol. The smallest absolute Gasteiger partial charge is 0.407 e. The zero-order chi connectivity index (χ0) is 11.9. The number of nitrogens with one attached hydrogen (secondary N) is 1. The molecule has 0 saturated heterocycles. The Morgan fingerprint density at radius 1 is 1.40 bits per heavy atom. The summed E-state index contributed by atoms with van der Waals surface area (Å²) in [6, 6.07) is 0. The van der Waals surface area contributed by atoms with Gasteiger partial charge in [-0.05, 0) is 27.7 Å². The third kappa shape index (κ3) is 10.9. The molecule has 4 heteroatoms. The zero-order valence-electron chi connectivity index (χ0n) is 10.1. The van der Waals surface area contributed by atoms with Crippen molar-refractivity contribution in [2.24, 2.45) is 0 Å². The summed E-state index contributed by atoms with van der Waals surface area (Å²) in [6.07, 6.45) is -0.415. The van der Waals surface area contributed by atoms with E-state index in [0.717, 1.165) is 5.57 Å². The van der Waals surface area contributed by atoms with Gasteiger partial charge in [0.05, 0.1) is 13.2 Å². The van der Waals surface area contributed by atoms with Crippen molar-refractivity contribution in [2.45, 2.75) is 33.3 Å². The highest BCUT2D eigenvalue weighted by molar-refractivity contribution is 5.67. The minimum absolute atomic E-state index is 0.415. The Hall–Kier alpha value is -1.03. The Morgan fingerprint density at radius 2 is 2.00 bits per heavy atom.